The smallest absolute Gasteiger partial charge is 0.318 e. The molecular weight excluding hydrogens is 333 g/mol. The largest absolute Gasteiger partial charge is 0.351 e. The van der Waals surface area contributed by atoms with Gasteiger partial charge in [-0.3, -0.25) is 15.0 Å². The first-order chi connectivity index (χ1) is 11.4. The molecule has 3 N–H and O–H groups in total. The van der Waals surface area contributed by atoms with Gasteiger partial charge in [-0.25, -0.2) is 9.18 Å². The van der Waals surface area contributed by atoms with Crippen LogP contribution >= 0.6 is 11.6 Å². The third kappa shape index (κ3) is 4.31. The lowest BCUT2D eigenvalue weighted by molar-refractivity contribution is -0.125. The lowest BCUT2D eigenvalue weighted by atomic mass is 10.0. The van der Waals surface area contributed by atoms with Crippen molar-refractivity contribution in [3.05, 3.63) is 70.5 Å². The highest BCUT2D eigenvalue weighted by molar-refractivity contribution is 6.31. The molecule has 0 aliphatic carbocycles. The second kappa shape index (κ2) is 7.90. The summed E-state index contributed by atoms with van der Waals surface area (Å²) in [6.45, 7) is 0.0806. The van der Waals surface area contributed by atoms with Gasteiger partial charge < -0.3 is 5.73 Å². The van der Waals surface area contributed by atoms with Crippen LogP contribution in [0.3, 0.4) is 0 Å². The van der Waals surface area contributed by atoms with Gasteiger partial charge in [0.1, 0.15) is 11.9 Å². The van der Waals surface area contributed by atoms with Gasteiger partial charge in [0.05, 0.1) is 0 Å². The van der Waals surface area contributed by atoms with Crippen LogP contribution in [0.5, 0.6) is 0 Å². The number of carbonyl (C=O) groups is 2. The molecular formula is C17H17ClFN3O2. The lowest BCUT2D eigenvalue weighted by Gasteiger charge is -2.27. The van der Waals surface area contributed by atoms with E-state index in [1.165, 1.54) is 12.1 Å². The molecule has 0 spiro atoms. The van der Waals surface area contributed by atoms with Crippen molar-refractivity contribution in [3.8, 4) is 0 Å². The molecule has 0 aliphatic heterocycles. The molecule has 0 unspecified atom stereocenters. The fraction of sp³-hybridized carbons (Fsp3) is 0.176. The summed E-state index contributed by atoms with van der Waals surface area (Å²) in [4.78, 5) is 25.0. The Kier molecular flexibility index (Phi) is 5.89. The highest BCUT2D eigenvalue weighted by Gasteiger charge is 2.27. The Labute approximate surface area is 144 Å². The van der Waals surface area contributed by atoms with Gasteiger partial charge in [-0.2, -0.15) is 0 Å². The van der Waals surface area contributed by atoms with Crippen molar-refractivity contribution < 1.29 is 14.0 Å². The summed E-state index contributed by atoms with van der Waals surface area (Å²) < 4.78 is 14.0. The number of carbonyl (C=O) groups excluding carboxylic acids is 2. The van der Waals surface area contributed by atoms with Crippen molar-refractivity contribution in [1.82, 2.24) is 10.2 Å². The van der Waals surface area contributed by atoms with Crippen LogP contribution in [-0.4, -0.2) is 23.9 Å². The van der Waals surface area contributed by atoms with Crippen LogP contribution in [0.4, 0.5) is 9.18 Å². The van der Waals surface area contributed by atoms with Crippen LogP contribution in [0.15, 0.2) is 48.5 Å². The summed E-state index contributed by atoms with van der Waals surface area (Å²) in [6.07, 6.45) is 0. The van der Waals surface area contributed by atoms with E-state index in [9.17, 15) is 14.0 Å². The van der Waals surface area contributed by atoms with E-state index in [0.717, 1.165) is 0 Å². The van der Waals surface area contributed by atoms with Gasteiger partial charge >= 0.3 is 6.03 Å². The quantitative estimate of drug-likeness (QED) is 0.871. The van der Waals surface area contributed by atoms with Crippen molar-refractivity contribution in [2.75, 3.05) is 7.05 Å². The zero-order valence-electron chi connectivity index (χ0n) is 13.0. The van der Waals surface area contributed by atoms with Crippen molar-refractivity contribution in [1.29, 1.82) is 0 Å². The molecule has 7 heteroatoms. The molecule has 0 heterocycles. The van der Waals surface area contributed by atoms with Crippen LogP contribution in [0.1, 0.15) is 17.2 Å². The molecule has 0 fully saturated rings. The molecule has 0 aromatic heterocycles. The molecule has 0 saturated carbocycles. The minimum absolute atomic E-state index is 0.0806. The fourth-order valence-electron chi connectivity index (χ4n) is 2.46. The number of imide groups is 1. The molecule has 2 aromatic rings. The van der Waals surface area contributed by atoms with E-state index in [1.54, 1.807) is 48.3 Å². The maximum Gasteiger partial charge on any atom is 0.318 e. The van der Waals surface area contributed by atoms with E-state index in [4.69, 9.17) is 17.3 Å². The van der Waals surface area contributed by atoms with Crippen LogP contribution in [-0.2, 0) is 11.3 Å². The number of amides is 3. The number of benzene rings is 2. The number of nitrogens with two attached hydrogens (primary N) is 1. The average Bonchev–Trinajstić information content (AvgIpc) is 2.51. The van der Waals surface area contributed by atoms with Crippen LogP contribution < -0.4 is 11.1 Å². The first-order valence-electron chi connectivity index (χ1n) is 7.18. The van der Waals surface area contributed by atoms with E-state index in [-0.39, 0.29) is 17.1 Å². The minimum Gasteiger partial charge on any atom is -0.351 e. The Balaban J connectivity index is 2.32. The molecule has 3 amide bonds. The van der Waals surface area contributed by atoms with E-state index in [1.807, 2.05) is 0 Å². The highest BCUT2D eigenvalue weighted by Crippen LogP contribution is 2.26. The van der Waals surface area contributed by atoms with Crippen molar-refractivity contribution in [3.63, 3.8) is 0 Å². The third-order valence-corrected chi connectivity index (χ3v) is 3.87. The monoisotopic (exact) mass is 349 g/mol. The summed E-state index contributed by atoms with van der Waals surface area (Å²) in [5.41, 5.74) is 5.96. The number of nitrogens with zero attached hydrogens (tertiary/aromatic N) is 1. The Morgan fingerprint density at radius 1 is 1.21 bits per heavy atom. The van der Waals surface area contributed by atoms with Crippen LogP contribution in [0, 0.1) is 5.82 Å². The van der Waals surface area contributed by atoms with E-state index < -0.39 is 23.8 Å². The molecule has 2 rings (SSSR count). The molecule has 0 bridgehead atoms. The Hall–Kier alpha value is -2.44. The first-order valence-corrected chi connectivity index (χ1v) is 7.56. The predicted octanol–water partition coefficient (Wildman–Crippen LogP) is 2.85. The topological polar surface area (TPSA) is 75.4 Å². The normalized spacial score (nSPS) is 12.0. The predicted molar refractivity (Wildman–Crippen MR) is 89.8 cm³/mol. The van der Waals surface area contributed by atoms with Gasteiger partial charge in [-0.05, 0) is 24.7 Å². The molecule has 5 nitrogen and oxygen atoms in total. The number of hydrogen-bond acceptors (Lipinski definition) is 3. The number of primary amides is 1. The molecule has 0 aliphatic rings. The summed E-state index contributed by atoms with van der Waals surface area (Å²) in [5.74, 6) is -1.06. The second-order valence-corrected chi connectivity index (χ2v) is 5.69. The molecule has 2 aromatic carbocycles. The van der Waals surface area contributed by atoms with Gasteiger partial charge in [0.15, 0.2) is 0 Å². The Bertz CT molecular complexity index is 720. The van der Waals surface area contributed by atoms with Crippen LogP contribution in [0.2, 0.25) is 5.02 Å². The Morgan fingerprint density at radius 2 is 1.88 bits per heavy atom. The van der Waals surface area contributed by atoms with E-state index in [2.05, 4.69) is 5.32 Å². The van der Waals surface area contributed by atoms with E-state index >= 15 is 0 Å². The molecule has 1 atom stereocenters. The molecule has 24 heavy (non-hydrogen) atoms. The van der Waals surface area contributed by atoms with Gasteiger partial charge in [-0.1, -0.05) is 48.0 Å². The fourth-order valence-corrected chi connectivity index (χ4v) is 2.68. The van der Waals surface area contributed by atoms with Crippen molar-refractivity contribution in [2.24, 2.45) is 5.73 Å². The maximum atomic E-state index is 14.0. The van der Waals surface area contributed by atoms with Gasteiger partial charge in [-0.15, -0.1) is 0 Å². The highest BCUT2D eigenvalue weighted by atomic mass is 35.5. The number of likely N-dealkylation sites (N-methyl/N-ethyl adjacent to an activating group) is 1. The standard InChI is InChI=1S/C17H17ClFN3O2/c1-22(10-12-13(18)8-5-9-14(12)19)15(16(23)21-17(20)24)11-6-3-2-4-7-11/h2-9,15H,10H2,1H3,(H3,20,21,23,24)/t15-/m1/s1. The number of halogens is 2. The maximum absolute atomic E-state index is 14.0. The summed E-state index contributed by atoms with van der Waals surface area (Å²) in [5, 5.41) is 2.34. The van der Waals surface area contributed by atoms with Gasteiger partial charge in [0.25, 0.3) is 0 Å². The van der Waals surface area contributed by atoms with Gasteiger partial charge in [0.2, 0.25) is 5.91 Å². The summed E-state index contributed by atoms with van der Waals surface area (Å²) in [7, 11) is 1.64. The zero-order valence-corrected chi connectivity index (χ0v) is 13.8. The SMILES string of the molecule is CN(Cc1c(F)cccc1Cl)[C@@H](C(=O)NC(N)=O)c1ccccc1. The Morgan fingerprint density at radius 3 is 2.46 bits per heavy atom. The number of hydrogen-bond donors (Lipinski definition) is 2. The van der Waals surface area contributed by atoms with Crippen molar-refractivity contribution in [2.45, 2.75) is 12.6 Å². The number of rotatable bonds is 5. The van der Waals surface area contributed by atoms with Crippen molar-refractivity contribution >= 4 is 23.5 Å². The third-order valence-electron chi connectivity index (χ3n) is 3.52. The zero-order chi connectivity index (χ0) is 17.7. The lowest BCUT2D eigenvalue weighted by Crippen LogP contribution is -2.43. The van der Waals surface area contributed by atoms with Crippen LogP contribution in [0.25, 0.3) is 0 Å². The molecule has 126 valence electrons. The first kappa shape index (κ1) is 17.9. The second-order valence-electron chi connectivity index (χ2n) is 5.28. The molecule has 0 radical (unpaired) electrons. The minimum atomic E-state index is -0.946. The average molecular weight is 350 g/mol. The number of nitrogens with one attached hydrogen (secondary N) is 1. The summed E-state index contributed by atoms with van der Waals surface area (Å²) in [6, 6.07) is 11.4. The van der Waals surface area contributed by atoms with E-state index in [0.29, 0.717) is 5.56 Å². The molecule has 0 saturated heterocycles. The summed E-state index contributed by atoms with van der Waals surface area (Å²) >= 11 is 6.05. The number of urea groups is 1. The van der Waals surface area contributed by atoms with Gasteiger partial charge in [0, 0.05) is 17.1 Å².